The molecule has 0 radical (unpaired) electrons. The van der Waals surface area contributed by atoms with Crippen molar-refractivity contribution in [1.29, 1.82) is 0 Å². The first-order valence-corrected chi connectivity index (χ1v) is 8.30. The lowest BCUT2D eigenvalue weighted by molar-refractivity contribution is 0.146. The van der Waals surface area contributed by atoms with Crippen LogP contribution in [-0.4, -0.2) is 24.5 Å². The summed E-state index contributed by atoms with van der Waals surface area (Å²) in [7, 11) is 0. The van der Waals surface area contributed by atoms with Crippen LogP contribution in [0.25, 0.3) is 0 Å². The third kappa shape index (κ3) is 8.58. The van der Waals surface area contributed by atoms with Gasteiger partial charge in [-0.3, -0.25) is 4.90 Å². The summed E-state index contributed by atoms with van der Waals surface area (Å²) in [5, 5.41) is 0. The Morgan fingerprint density at radius 3 is 2.45 bits per heavy atom. The Labute approximate surface area is 128 Å². The number of hydrogen-bond donors (Lipinski definition) is 0. The van der Waals surface area contributed by atoms with Crippen LogP contribution in [0.2, 0.25) is 0 Å². The third-order valence-electron chi connectivity index (χ3n) is 4.42. The largest absolute Gasteiger partial charge is 0.299 e. The van der Waals surface area contributed by atoms with Crippen molar-refractivity contribution >= 4 is 0 Å². The first kappa shape index (κ1) is 19.4. The summed E-state index contributed by atoms with van der Waals surface area (Å²) in [5.41, 5.74) is 1.84. The molecule has 0 saturated carbocycles. The summed E-state index contributed by atoms with van der Waals surface area (Å²) in [6, 6.07) is 0. The Kier molecular flexibility index (Phi) is 9.92. The molecule has 0 aliphatic rings. The second-order valence-corrected chi connectivity index (χ2v) is 7.11. The van der Waals surface area contributed by atoms with Crippen molar-refractivity contribution < 1.29 is 0 Å². The monoisotopic (exact) mass is 279 g/mol. The van der Waals surface area contributed by atoms with E-state index >= 15 is 0 Å². The van der Waals surface area contributed by atoms with E-state index in [1.165, 1.54) is 44.3 Å². The topological polar surface area (TPSA) is 3.24 Å². The maximum atomic E-state index is 3.90. The van der Waals surface area contributed by atoms with Crippen molar-refractivity contribution in [3.8, 4) is 0 Å². The zero-order valence-corrected chi connectivity index (χ0v) is 14.8. The van der Waals surface area contributed by atoms with Gasteiger partial charge < -0.3 is 0 Å². The van der Waals surface area contributed by atoms with E-state index < -0.39 is 0 Å². The Bertz CT molecular complexity index is 284. The van der Waals surface area contributed by atoms with Gasteiger partial charge in [0.15, 0.2) is 0 Å². The van der Waals surface area contributed by atoms with Crippen molar-refractivity contribution in [2.24, 2.45) is 11.3 Å². The van der Waals surface area contributed by atoms with Crippen LogP contribution in [0.4, 0.5) is 0 Å². The fraction of sp³-hybridized carbons (Fsp3) is 0.789. The minimum Gasteiger partial charge on any atom is -0.299 e. The molecule has 0 fully saturated rings. The van der Waals surface area contributed by atoms with Crippen molar-refractivity contribution in [2.45, 2.75) is 67.2 Å². The van der Waals surface area contributed by atoms with Crippen LogP contribution in [0.15, 0.2) is 24.3 Å². The first-order valence-electron chi connectivity index (χ1n) is 8.30. The molecular weight excluding hydrogens is 242 g/mol. The average molecular weight is 280 g/mol. The zero-order valence-electron chi connectivity index (χ0n) is 14.8. The highest BCUT2D eigenvalue weighted by atomic mass is 15.1. The van der Waals surface area contributed by atoms with E-state index in [0.717, 1.165) is 6.54 Å². The number of rotatable bonds is 11. The van der Waals surface area contributed by atoms with Crippen LogP contribution in [0, 0.1) is 11.3 Å². The van der Waals surface area contributed by atoms with E-state index in [-0.39, 0.29) is 0 Å². The van der Waals surface area contributed by atoms with Gasteiger partial charge in [-0.1, -0.05) is 51.8 Å². The maximum absolute atomic E-state index is 3.90. The molecule has 0 aromatic carbocycles. The van der Waals surface area contributed by atoms with Gasteiger partial charge in [-0.15, -0.1) is 6.58 Å². The first-order chi connectivity index (χ1) is 9.33. The molecule has 20 heavy (non-hydrogen) atoms. The predicted molar refractivity (Wildman–Crippen MR) is 93.2 cm³/mol. The number of nitrogens with zero attached hydrogens (tertiary/aromatic N) is 1. The van der Waals surface area contributed by atoms with Gasteiger partial charge in [0, 0.05) is 13.1 Å². The third-order valence-corrected chi connectivity index (χ3v) is 4.42. The van der Waals surface area contributed by atoms with Crippen LogP contribution in [0.3, 0.4) is 0 Å². The second kappa shape index (κ2) is 10.2. The molecule has 0 N–H and O–H groups in total. The molecule has 0 saturated heterocycles. The van der Waals surface area contributed by atoms with Crippen molar-refractivity contribution in [1.82, 2.24) is 4.90 Å². The van der Waals surface area contributed by atoms with Gasteiger partial charge in [-0.25, -0.2) is 0 Å². The number of unbranched alkanes of at least 4 members (excludes halogenated alkanes) is 1. The second-order valence-electron chi connectivity index (χ2n) is 7.11. The summed E-state index contributed by atoms with van der Waals surface area (Å²) < 4.78 is 0. The fourth-order valence-electron chi connectivity index (χ4n) is 2.44. The van der Waals surface area contributed by atoms with Gasteiger partial charge >= 0.3 is 0 Å². The van der Waals surface area contributed by atoms with Crippen molar-refractivity contribution in [3.05, 3.63) is 24.3 Å². The van der Waals surface area contributed by atoms with Crippen LogP contribution < -0.4 is 0 Å². The molecule has 1 atom stereocenters. The summed E-state index contributed by atoms with van der Waals surface area (Å²) in [6.45, 7) is 21.2. The molecule has 1 unspecified atom stereocenters. The highest BCUT2D eigenvalue weighted by Crippen LogP contribution is 2.32. The van der Waals surface area contributed by atoms with E-state index in [1.807, 2.05) is 6.08 Å². The summed E-state index contributed by atoms with van der Waals surface area (Å²) >= 11 is 0. The Hall–Kier alpha value is -0.560. The fourth-order valence-corrected chi connectivity index (χ4v) is 2.44. The van der Waals surface area contributed by atoms with E-state index in [0.29, 0.717) is 11.3 Å². The van der Waals surface area contributed by atoms with Gasteiger partial charge in [0.25, 0.3) is 0 Å². The van der Waals surface area contributed by atoms with Gasteiger partial charge in [0.1, 0.15) is 0 Å². The minimum absolute atomic E-state index is 0.400. The zero-order chi connectivity index (χ0) is 15.6. The van der Waals surface area contributed by atoms with Crippen LogP contribution in [0.5, 0.6) is 0 Å². The van der Waals surface area contributed by atoms with Gasteiger partial charge in [-0.2, -0.15) is 0 Å². The predicted octanol–water partition coefficient (Wildman–Crippen LogP) is 5.68. The number of allylic oxidation sites excluding steroid dienone is 2. The molecule has 118 valence electrons. The average Bonchev–Trinajstić information content (AvgIpc) is 2.35. The number of hydrogen-bond acceptors (Lipinski definition) is 1. The maximum Gasteiger partial charge on any atom is 0.0160 e. The minimum atomic E-state index is 0.400. The molecular formula is C19H37N. The molecule has 1 nitrogen and oxygen atoms in total. The highest BCUT2D eigenvalue weighted by molar-refractivity contribution is 4.94. The SMILES string of the molecule is C=CCN(CCCC)CC(C)C(C)(C)CCC=C(C)C. The Balaban J connectivity index is 4.39. The summed E-state index contributed by atoms with van der Waals surface area (Å²) in [4.78, 5) is 2.56. The molecule has 0 bridgehead atoms. The molecule has 1 heteroatoms. The van der Waals surface area contributed by atoms with Gasteiger partial charge in [0.05, 0.1) is 0 Å². The Morgan fingerprint density at radius 1 is 1.30 bits per heavy atom. The lowest BCUT2D eigenvalue weighted by Crippen LogP contribution is -2.36. The van der Waals surface area contributed by atoms with Crippen LogP contribution in [-0.2, 0) is 0 Å². The van der Waals surface area contributed by atoms with Crippen molar-refractivity contribution in [3.63, 3.8) is 0 Å². The molecule has 0 amide bonds. The molecule has 0 heterocycles. The lowest BCUT2D eigenvalue weighted by atomic mass is 9.76. The van der Waals surface area contributed by atoms with E-state index in [4.69, 9.17) is 0 Å². The van der Waals surface area contributed by atoms with Crippen molar-refractivity contribution in [2.75, 3.05) is 19.6 Å². The van der Waals surface area contributed by atoms with E-state index in [1.54, 1.807) is 0 Å². The van der Waals surface area contributed by atoms with E-state index in [9.17, 15) is 0 Å². The van der Waals surface area contributed by atoms with Crippen LogP contribution >= 0.6 is 0 Å². The van der Waals surface area contributed by atoms with Gasteiger partial charge in [0.2, 0.25) is 0 Å². The van der Waals surface area contributed by atoms with Crippen LogP contribution in [0.1, 0.15) is 67.2 Å². The molecule has 0 aliphatic carbocycles. The smallest absolute Gasteiger partial charge is 0.0160 e. The Morgan fingerprint density at radius 2 is 1.95 bits per heavy atom. The summed E-state index contributed by atoms with van der Waals surface area (Å²) in [6.07, 6.45) is 9.45. The molecule has 0 spiro atoms. The van der Waals surface area contributed by atoms with E-state index in [2.05, 4.69) is 59.1 Å². The summed E-state index contributed by atoms with van der Waals surface area (Å²) in [5.74, 6) is 0.713. The van der Waals surface area contributed by atoms with Gasteiger partial charge in [-0.05, 0) is 51.0 Å². The molecule has 0 aliphatic heterocycles. The molecule has 0 aromatic heterocycles. The normalized spacial score (nSPS) is 13.3. The molecule has 0 aromatic rings. The molecule has 0 rings (SSSR count). The standard InChI is InChI=1S/C19H37N/c1-8-10-15-20(14-9-2)16-18(5)19(6,7)13-11-12-17(3)4/h9,12,18H,2,8,10-11,13-16H2,1,3-7H3. The lowest BCUT2D eigenvalue weighted by Gasteiger charge is -2.35. The highest BCUT2D eigenvalue weighted by Gasteiger charge is 2.26. The quantitative estimate of drug-likeness (QED) is 0.440.